The Bertz CT molecular complexity index is 689. The van der Waals surface area contributed by atoms with Gasteiger partial charge in [0.1, 0.15) is 11.6 Å². The van der Waals surface area contributed by atoms with Gasteiger partial charge in [-0.1, -0.05) is 59.9 Å². The van der Waals surface area contributed by atoms with Gasteiger partial charge in [-0.15, -0.1) is 10.2 Å². The Morgan fingerprint density at radius 2 is 2.10 bits per heavy atom. The van der Waals surface area contributed by atoms with Crippen LogP contribution in [-0.4, -0.2) is 16.2 Å². The zero-order valence-corrected chi connectivity index (χ0v) is 12.2. The van der Waals surface area contributed by atoms with Gasteiger partial charge in [-0.25, -0.2) is 4.79 Å². The lowest BCUT2D eigenvalue weighted by Crippen LogP contribution is -2.04. The lowest BCUT2D eigenvalue weighted by molar-refractivity contribution is 0.0471. The minimum atomic E-state index is -0.422. The number of hydrogen-bond donors (Lipinski definition) is 0. The van der Waals surface area contributed by atoms with E-state index in [0.29, 0.717) is 5.01 Å². The maximum atomic E-state index is 12.0. The summed E-state index contributed by atoms with van der Waals surface area (Å²) in [6.07, 6.45) is 8.07. The van der Waals surface area contributed by atoms with Gasteiger partial charge in [-0.2, -0.15) is 0 Å². The highest BCUT2D eigenvalue weighted by Crippen LogP contribution is 2.26. The Kier molecular flexibility index (Phi) is 4.21. The van der Waals surface area contributed by atoms with E-state index in [9.17, 15) is 4.79 Å². The molecule has 1 heterocycles. The first-order valence-corrected chi connectivity index (χ1v) is 7.55. The molecule has 0 bridgehead atoms. The molecule has 0 atom stereocenters. The van der Waals surface area contributed by atoms with E-state index in [1.807, 2.05) is 42.5 Å². The predicted molar refractivity (Wildman–Crippen MR) is 81.8 cm³/mol. The highest BCUT2D eigenvalue weighted by molar-refractivity contribution is 7.14. The lowest BCUT2D eigenvalue weighted by atomic mass is 10.1. The molecule has 0 spiro atoms. The first kappa shape index (κ1) is 13.7. The van der Waals surface area contributed by atoms with Crippen molar-refractivity contribution in [1.29, 1.82) is 0 Å². The zero-order chi connectivity index (χ0) is 14.5. The Morgan fingerprint density at radius 1 is 1.24 bits per heavy atom. The van der Waals surface area contributed by atoms with Crippen molar-refractivity contribution < 1.29 is 9.53 Å². The van der Waals surface area contributed by atoms with Gasteiger partial charge >= 0.3 is 5.97 Å². The van der Waals surface area contributed by atoms with E-state index >= 15 is 0 Å². The quantitative estimate of drug-likeness (QED) is 0.809. The summed E-state index contributed by atoms with van der Waals surface area (Å²) in [6.45, 7) is 0.250. The average molecular weight is 298 g/mol. The smallest absolute Gasteiger partial charge is 0.369 e. The molecular weight excluding hydrogens is 284 g/mol. The third kappa shape index (κ3) is 3.44. The molecule has 0 aliphatic heterocycles. The highest BCUT2D eigenvalue weighted by atomic mass is 32.1. The van der Waals surface area contributed by atoms with Crippen molar-refractivity contribution in [2.45, 2.75) is 19.4 Å². The summed E-state index contributed by atoms with van der Waals surface area (Å²) in [4.78, 5) is 12.0. The van der Waals surface area contributed by atoms with Gasteiger partial charge in [-0.05, 0) is 24.0 Å². The predicted octanol–water partition coefficient (Wildman–Crippen LogP) is 3.63. The third-order valence-electron chi connectivity index (χ3n) is 3.10. The molecule has 5 heteroatoms. The van der Waals surface area contributed by atoms with Gasteiger partial charge in [0.25, 0.3) is 0 Å². The van der Waals surface area contributed by atoms with Gasteiger partial charge in [0.05, 0.1) is 0 Å². The van der Waals surface area contributed by atoms with Crippen molar-refractivity contribution in [3.63, 3.8) is 0 Å². The summed E-state index contributed by atoms with van der Waals surface area (Å²) in [5.74, 6) is -0.422. The van der Waals surface area contributed by atoms with Crippen LogP contribution >= 0.6 is 11.3 Å². The number of aromatic nitrogens is 2. The molecular formula is C16H14N2O2S. The number of benzene rings is 1. The molecule has 4 nitrogen and oxygen atoms in total. The van der Waals surface area contributed by atoms with Gasteiger partial charge in [0, 0.05) is 0 Å². The van der Waals surface area contributed by atoms with Crippen LogP contribution in [-0.2, 0) is 11.3 Å². The van der Waals surface area contributed by atoms with Crippen molar-refractivity contribution in [1.82, 2.24) is 10.2 Å². The summed E-state index contributed by atoms with van der Waals surface area (Å²) >= 11 is 1.28. The molecule has 2 aromatic rings. The Balaban J connectivity index is 1.64. The number of nitrogens with zero attached hydrogens (tertiary/aromatic N) is 2. The molecule has 0 unspecified atom stereocenters. The van der Waals surface area contributed by atoms with E-state index in [0.717, 1.165) is 29.0 Å². The average Bonchev–Trinajstić information content (AvgIpc) is 3.04. The normalized spacial score (nSPS) is 13.8. The van der Waals surface area contributed by atoms with Gasteiger partial charge in [0.2, 0.25) is 5.01 Å². The van der Waals surface area contributed by atoms with Gasteiger partial charge in [0.15, 0.2) is 0 Å². The fourth-order valence-corrected chi connectivity index (χ4v) is 2.79. The molecule has 21 heavy (non-hydrogen) atoms. The molecule has 1 aromatic heterocycles. The van der Waals surface area contributed by atoms with Gasteiger partial charge < -0.3 is 4.74 Å². The van der Waals surface area contributed by atoms with Crippen LogP contribution in [0.4, 0.5) is 0 Å². The monoisotopic (exact) mass is 298 g/mol. The van der Waals surface area contributed by atoms with E-state index in [4.69, 9.17) is 4.74 Å². The van der Waals surface area contributed by atoms with E-state index in [1.165, 1.54) is 11.3 Å². The molecule has 0 fully saturated rings. The second kappa shape index (κ2) is 6.45. The van der Waals surface area contributed by atoms with Gasteiger partial charge in [-0.3, -0.25) is 0 Å². The van der Waals surface area contributed by atoms with Crippen LogP contribution in [0.15, 0.2) is 48.6 Å². The van der Waals surface area contributed by atoms with Crippen LogP contribution in [0, 0.1) is 0 Å². The maximum Gasteiger partial charge on any atom is 0.369 e. The fourth-order valence-electron chi connectivity index (χ4n) is 2.00. The summed E-state index contributed by atoms with van der Waals surface area (Å²) in [5.41, 5.74) is 2.08. The van der Waals surface area contributed by atoms with E-state index in [-0.39, 0.29) is 6.61 Å². The first-order valence-electron chi connectivity index (χ1n) is 6.73. The number of carbonyl (C=O) groups is 1. The van der Waals surface area contributed by atoms with Crippen LogP contribution in [0.2, 0.25) is 0 Å². The second-order valence-electron chi connectivity index (χ2n) is 4.63. The Labute approximate surface area is 126 Å². The molecule has 0 amide bonds. The van der Waals surface area contributed by atoms with Crippen molar-refractivity contribution >= 4 is 22.9 Å². The van der Waals surface area contributed by atoms with E-state index in [1.54, 1.807) is 0 Å². The summed E-state index contributed by atoms with van der Waals surface area (Å²) in [6, 6.07) is 9.58. The largest absolute Gasteiger partial charge is 0.455 e. The number of allylic oxidation sites excluding steroid dienone is 4. The van der Waals surface area contributed by atoms with Crippen molar-refractivity contribution in [3.05, 3.63) is 64.1 Å². The Hall–Kier alpha value is -2.27. The molecule has 1 aromatic carbocycles. The molecule has 0 saturated heterocycles. The summed E-state index contributed by atoms with van der Waals surface area (Å²) in [5, 5.41) is 9.11. The SMILES string of the molecule is O=C(OCc1ccccc1)c1nnc(C2=CC=CCC2)s1. The van der Waals surface area contributed by atoms with E-state index < -0.39 is 5.97 Å². The molecule has 1 aliphatic carbocycles. The van der Waals surface area contributed by atoms with Crippen LogP contribution in [0.25, 0.3) is 5.57 Å². The van der Waals surface area contributed by atoms with Crippen LogP contribution in [0.3, 0.4) is 0 Å². The fraction of sp³-hybridized carbons (Fsp3) is 0.188. The maximum absolute atomic E-state index is 12.0. The van der Waals surface area contributed by atoms with Crippen molar-refractivity contribution in [2.24, 2.45) is 0 Å². The molecule has 106 valence electrons. The number of rotatable bonds is 4. The van der Waals surface area contributed by atoms with Crippen molar-refractivity contribution in [3.8, 4) is 0 Å². The molecule has 0 N–H and O–H groups in total. The van der Waals surface area contributed by atoms with Crippen LogP contribution < -0.4 is 0 Å². The first-order chi connectivity index (χ1) is 10.3. The molecule has 0 saturated carbocycles. The van der Waals surface area contributed by atoms with Crippen LogP contribution in [0.1, 0.15) is 33.2 Å². The summed E-state index contributed by atoms with van der Waals surface area (Å²) in [7, 11) is 0. The minimum absolute atomic E-state index is 0.250. The standard InChI is InChI=1S/C16H14N2O2S/c19-16(20-11-12-7-3-1-4-8-12)15-18-17-14(21-15)13-9-5-2-6-10-13/h1-5,7-9H,6,10-11H2. The number of carbonyl (C=O) groups excluding carboxylic acids is 1. The minimum Gasteiger partial charge on any atom is -0.455 e. The topological polar surface area (TPSA) is 52.1 Å². The number of ether oxygens (including phenoxy) is 1. The Morgan fingerprint density at radius 3 is 2.86 bits per heavy atom. The second-order valence-corrected chi connectivity index (χ2v) is 5.61. The zero-order valence-electron chi connectivity index (χ0n) is 11.4. The number of hydrogen-bond acceptors (Lipinski definition) is 5. The lowest BCUT2D eigenvalue weighted by Gasteiger charge is -2.03. The molecule has 0 radical (unpaired) electrons. The number of esters is 1. The van der Waals surface area contributed by atoms with Crippen molar-refractivity contribution in [2.75, 3.05) is 0 Å². The highest BCUT2D eigenvalue weighted by Gasteiger charge is 2.16. The third-order valence-corrected chi connectivity index (χ3v) is 4.08. The molecule has 1 aliphatic rings. The summed E-state index contributed by atoms with van der Waals surface area (Å²) < 4.78 is 5.25. The van der Waals surface area contributed by atoms with Crippen LogP contribution in [0.5, 0.6) is 0 Å². The molecule has 3 rings (SSSR count). The van der Waals surface area contributed by atoms with E-state index in [2.05, 4.69) is 16.3 Å².